The summed E-state index contributed by atoms with van der Waals surface area (Å²) in [7, 11) is 0. The van der Waals surface area contributed by atoms with E-state index in [1.165, 1.54) is 12.3 Å². The third-order valence-corrected chi connectivity index (χ3v) is 2.83. The monoisotopic (exact) mass is 218 g/mol. The predicted molar refractivity (Wildman–Crippen MR) is 56.9 cm³/mol. The van der Waals surface area contributed by atoms with E-state index in [0.717, 1.165) is 18.8 Å². The van der Waals surface area contributed by atoms with Crippen LogP contribution in [0.4, 0.5) is 4.39 Å². The minimum Gasteiger partial charge on any atom is -0.315 e. The Hall–Kier alpha value is -1.75. The van der Waals surface area contributed by atoms with E-state index in [-0.39, 0.29) is 5.82 Å². The Balaban J connectivity index is 1.99. The number of halogens is 1. The number of imidazole rings is 1. The summed E-state index contributed by atoms with van der Waals surface area (Å²) in [6.07, 6.45) is 4.78. The second-order valence-electron chi connectivity index (χ2n) is 3.88. The predicted octanol–water partition coefficient (Wildman–Crippen LogP) is 1.09. The van der Waals surface area contributed by atoms with Crippen LogP contribution in [-0.4, -0.2) is 27.6 Å². The van der Waals surface area contributed by atoms with Gasteiger partial charge in [-0.15, -0.1) is 0 Å². The Morgan fingerprint density at radius 1 is 1.31 bits per heavy atom. The second kappa shape index (κ2) is 3.68. The van der Waals surface area contributed by atoms with E-state index in [4.69, 9.17) is 0 Å². The number of hydrogen-bond acceptors (Lipinski definition) is 3. The molecule has 1 fully saturated rings. The second-order valence-corrected chi connectivity index (χ2v) is 3.88. The largest absolute Gasteiger partial charge is 0.315 e. The standard InChI is InChI=1S/C11H11FN4/c12-9-1-2-11(15-5-9)16-7-14-6-10(16)8-3-13-4-8/h1-2,5-8,13H,3-4H2. The average Bonchev–Trinajstić information content (AvgIpc) is 2.65. The molecule has 4 nitrogen and oxygen atoms in total. The maximum atomic E-state index is 12.8. The molecular weight excluding hydrogens is 207 g/mol. The lowest BCUT2D eigenvalue weighted by Crippen LogP contribution is -2.40. The molecule has 2 aromatic heterocycles. The van der Waals surface area contributed by atoms with E-state index in [1.54, 1.807) is 12.4 Å². The Kier molecular flexibility index (Phi) is 2.18. The van der Waals surface area contributed by atoms with Crippen molar-refractivity contribution in [2.45, 2.75) is 5.92 Å². The number of rotatable bonds is 2. The highest BCUT2D eigenvalue weighted by Crippen LogP contribution is 2.21. The van der Waals surface area contributed by atoms with Crippen molar-refractivity contribution in [2.24, 2.45) is 0 Å². The topological polar surface area (TPSA) is 42.7 Å². The number of nitrogens with one attached hydrogen (secondary N) is 1. The van der Waals surface area contributed by atoms with Crippen LogP contribution in [0.25, 0.3) is 5.82 Å². The van der Waals surface area contributed by atoms with Crippen LogP contribution < -0.4 is 5.32 Å². The molecule has 0 spiro atoms. The summed E-state index contributed by atoms with van der Waals surface area (Å²) in [6, 6.07) is 3.07. The zero-order valence-electron chi connectivity index (χ0n) is 8.60. The third-order valence-electron chi connectivity index (χ3n) is 2.83. The first kappa shape index (κ1) is 9.47. The molecule has 1 aliphatic rings. The van der Waals surface area contributed by atoms with Crippen molar-refractivity contribution in [1.82, 2.24) is 19.9 Å². The van der Waals surface area contributed by atoms with Crippen molar-refractivity contribution in [1.29, 1.82) is 0 Å². The summed E-state index contributed by atoms with van der Waals surface area (Å²) in [5.74, 6) is 0.867. The Bertz CT molecular complexity index is 487. The zero-order chi connectivity index (χ0) is 11.0. The van der Waals surface area contributed by atoms with Crippen LogP contribution in [0, 0.1) is 5.82 Å². The normalized spacial score (nSPS) is 16.1. The molecule has 0 bridgehead atoms. The van der Waals surface area contributed by atoms with Crippen molar-refractivity contribution in [3.05, 3.63) is 42.4 Å². The zero-order valence-corrected chi connectivity index (χ0v) is 8.60. The van der Waals surface area contributed by atoms with Gasteiger partial charge in [0.1, 0.15) is 18.0 Å². The van der Waals surface area contributed by atoms with Gasteiger partial charge in [-0.3, -0.25) is 4.57 Å². The molecule has 0 aromatic carbocycles. The van der Waals surface area contributed by atoms with Gasteiger partial charge in [-0.1, -0.05) is 0 Å². The fourth-order valence-electron chi connectivity index (χ4n) is 1.81. The molecule has 0 unspecified atom stereocenters. The maximum Gasteiger partial charge on any atom is 0.141 e. The lowest BCUT2D eigenvalue weighted by atomic mass is 10.00. The van der Waals surface area contributed by atoms with Crippen LogP contribution in [0.15, 0.2) is 30.9 Å². The molecule has 2 aromatic rings. The van der Waals surface area contributed by atoms with Gasteiger partial charge in [0.15, 0.2) is 0 Å². The quantitative estimate of drug-likeness (QED) is 0.820. The molecule has 5 heteroatoms. The molecular formula is C11H11FN4. The van der Waals surface area contributed by atoms with Crippen molar-refractivity contribution in [3.8, 4) is 5.82 Å². The van der Waals surface area contributed by atoms with Crippen LogP contribution in [0.3, 0.4) is 0 Å². The van der Waals surface area contributed by atoms with Gasteiger partial charge in [0.05, 0.1) is 6.20 Å². The summed E-state index contributed by atoms with van der Waals surface area (Å²) < 4.78 is 14.7. The molecule has 82 valence electrons. The highest BCUT2D eigenvalue weighted by molar-refractivity contribution is 5.28. The first-order valence-electron chi connectivity index (χ1n) is 5.19. The van der Waals surface area contributed by atoms with Gasteiger partial charge >= 0.3 is 0 Å². The fraction of sp³-hybridized carbons (Fsp3) is 0.273. The van der Waals surface area contributed by atoms with Gasteiger partial charge in [-0.2, -0.15) is 0 Å². The maximum absolute atomic E-state index is 12.8. The lowest BCUT2D eigenvalue weighted by Gasteiger charge is -2.27. The van der Waals surface area contributed by atoms with Crippen LogP contribution >= 0.6 is 0 Å². The molecule has 0 atom stereocenters. The van der Waals surface area contributed by atoms with E-state index in [1.807, 2.05) is 10.8 Å². The van der Waals surface area contributed by atoms with Gasteiger partial charge in [0.2, 0.25) is 0 Å². The molecule has 16 heavy (non-hydrogen) atoms. The van der Waals surface area contributed by atoms with Crippen LogP contribution in [0.5, 0.6) is 0 Å². The summed E-state index contributed by atoms with van der Waals surface area (Å²) in [4.78, 5) is 8.18. The Morgan fingerprint density at radius 3 is 2.81 bits per heavy atom. The summed E-state index contributed by atoms with van der Waals surface area (Å²) in [5.41, 5.74) is 1.12. The number of hydrogen-bond donors (Lipinski definition) is 1. The van der Waals surface area contributed by atoms with Gasteiger partial charge in [-0.05, 0) is 12.1 Å². The lowest BCUT2D eigenvalue weighted by molar-refractivity contribution is 0.435. The first-order chi connectivity index (χ1) is 7.84. The molecule has 3 heterocycles. The molecule has 1 N–H and O–H groups in total. The van der Waals surface area contributed by atoms with E-state index in [2.05, 4.69) is 15.3 Å². The highest BCUT2D eigenvalue weighted by atomic mass is 19.1. The van der Waals surface area contributed by atoms with Crippen molar-refractivity contribution >= 4 is 0 Å². The van der Waals surface area contributed by atoms with E-state index < -0.39 is 0 Å². The van der Waals surface area contributed by atoms with Gasteiger partial charge in [-0.25, -0.2) is 14.4 Å². The minimum absolute atomic E-state index is 0.323. The van der Waals surface area contributed by atoms with E-state index in [0.29, 0.717) is 11.7 Å². The van der Waals surface area contributed by atoms with Crippen LogP contribution in [-0.2, 0) is 0 Å². The summed E-state index contributed by atoms with van der Waals surface area (Å²) in [5, 5.41) is 3.22. The molecule has 0 saturated carbocycles. The van der Waals surface area contributed by atoms with Gasteiger partial charge in [0, 0.05) is 30.9 Å². The Labute approximate surface area is 92.2 Å². The molecule has 1 aliphatic heterocycles. The summed E-state index contributed by atoms with van der Waals surface area (Å²) >= 11 is 0. The highest BCUT2D eigenvalue weighted by Gasteiger charge is 2.22. The van der Waals surface area contributed by atoms with E-state index >= 15 is 0 Å². The molecule has 0 amide bonds. The van der Waals surface area contributed by atoms with Crippen molar-refractivity contribution < 1.29 is 4.39 Å². The van der Waals surface area contributed by atoms with Crippen molar-refractivity contribution in [3.63, 3.8) is 0 Å². The molecule has 0 aliphatic carbocycles. The molecule has 0 radical (unpaired) electrons. The third kappa shape index (κ3) is 1.49. The van der Waals surface area contributed by atoms with Gasteiger partial charge in [0.25, 0.3) is 0 Å². The average molecular weight is 218 g/mol. The van der Waals surface area contributed by atoms with Gasteiger partial charge < -0.3 is 5.32 Å². The van der Waals surface area contributed by atoms with Crippen molar-refractivity contribution in [2.75, 3.05) is 13.1 Å². The Morgan fingerprint density at radius 2 is 2.19 bits per heavy atom. The SMILES string of the molecule is Fc1ccc(-n2cncc2C2CNC2)nc1. The molecule has 3 rings (SSSR count). The smallest absolute Gasteiger partial charge is 0.141 e. The van der Waals surface area contributed by atoms with Crippen LogP contribution in [0.2, 0.25) is 0 Å². The number of pyridine rings is 1. The molecule has 1 saturated heterocycles. The summed E-state index contributed by atoms with van der Waals surface area (Å²) in [6.45, 7) is 1.93. The minimum atomic E-state index is -0.323. The number of aromatic nitrogens is 3. The number of nitrogens with zero attached hydrogens (tertiary/aromatic N) is 3. The first-order valence-corrected chi connectivity index (χ1v) is 5.19. The van der Waals surface area contributed by atoms with Crippen LogP contribution in [0.1, 0.15) is 11.6 Å². The van der Waals surface area contributed by atoms with E-state index in [9.17, 15) is 4.39 Å². The fourth-order valence-corrected chi connectivity index (χ4v) is 1.81.